The van der Waals surface area contributed by atoms with Crippen molar-refractivity contribution in [3.63, 3.8) is 0 Å². The fourth-order valence-electron chi connectivity index (χ4n) is 0.358. The van der Waals surface area contributed by atoms with Gasteiger partial charge in [-0.2, -0.15) is 5.10 Å². The molecule has 0 fully saturated rings. The average molecular weight is 141 g/mol. The van der Waals surface area contributed by atoms with E-state index in [0.717, 1.165) is 5.01 Å². The quantitative estimate of drug-likeness (QED) is 0.332. The molecular formula is C6H11N3O. The highest BCUT2D eigenvalue weighted by Crippen LogP contribution is 1.88. The van der Waals surface area contributed by atoms with Gasteiger partial charge < -0.3 is 5.73 Å². The van der Waals surface area contributed by atoms with Crippen LogP contribution < -0.4 is 5.73 Å². The van der Waals surface area contributed by atoms with Crippen LogP contribution in [0.15, 0.2) is 16.9 Å². The summed E-state index contributed by atoms with van der Waals surface area (Å²) in [5, 5.41) is 4.48. The first-order valence-corrected chi connectivity index (χ1v) is 2.76. The lowest BCUT2D eigenvalue weighted by Crippen LogP contribution is -2.18. The molecule has 0 saturated heterocycles. The Bertz CT molecular complexity index is 170. The van der Waals surface area contributed by atoms with Gasteiger partial charge in [-0.25, -0.2) is 5.01 Å². The van der Waals surface area contributed by atoms with Crippen LogP contribution in [0.2, 0.25) is 0 Å². The van der Waals surface area contributed by atoms with E-state index >= 15 is 0 Å². The van der Waals surface area contributed by atoms with E-state index in [0.29, 0.717) is 5.70 Å². The van der Waals surface area contributed by atoms with Gasteiger partial charge in [-0.05, 0) is 6.92 Å². The van der Waals surface area contributed by atoms with Crippen LogP contribution in [-0.2, 0) is 4.79 Å². The molecule has 0 saturated carbocycles. The van der Waals surface area contributed by atoms with E-state index in [-0.39, 0.29) is 5.91 Å². The molecule has 0 bridgehead atoms. The van der Waals surface area contributed by atoms with E-state index in [9.17, 15) is 4.79 Å². The normalized spacial score (nSPS) is 10.8. The van der Waals surface area contributed by atoms with Crippen LogP contribution >= 0.6 is 0 Å². The van der Waals surface area contributed by atoms with Crippen molar-refractivity contribution in [2.75, 3.05) is 7.05 Å². The van der Waals surface area contributed by atoms with E-state index in [1.807, 2.05) is 0 Å². The summed E-state index contributed by atoms with van der Waals surface area (Å²) in [5.41, 5.74) is 5.70. The average Bonchev–Trinajstić information content (AvgIpc) is 1.85. The molecule has 0 aliphatic rings. The fourth-order valence-corrected chi connectivity index (χ4v) is 0.358. The van der Waals surface area contributed by atoms with Crippen LogP contribution in [0.3, 0.4) is 0 Å². The summed E-state index contributed by atoms with van der Waals surface area (Å²) in [7, 11) is 1.51. The number of likely N-dealkylation sites (N-methyl/N-ethyl adjacent to an activating group) is 1. The number of nitrogens with two attached hydrogens (primary N) is 1. The zero-order chi connectivity index (χ0) is 8.15. The Balaban J connectivity index is 4.10. The maximum atomic E-state index is 10.8. The third-order valence-electron chi connectivity index (χ3n) is 0.882. The molecule has 0 radical (unpaired) electrons. The molecule has 0 aromatic heterocycles. The lowest BCUT2D eigenvalue weighted by atomic mass is 10.4. The first kappa shape index (κ1) is 8.68. The molecule has 0 spiro atoms. The van der Waals surface area contributed by atoms with Gasteiger partial charge in [0.2, 0.25) is 0 Å². The minimum absolute atomic E-state index is 0.269. The smallest absolute Gasteiger partial charge is 0.268 e. The zero-order valence-corrected chi connectivity index (χ0v) is 6.16. The van der Waals surface area contributed by atoms with Crippen LogP contribution in [0.4, 0.5) is 0 Å². The standard InChI is InChI=1S/C6H11N3O/c1-5(7)4-6(10)9(3)8-2/h4H,2,7H2,1,3H3. The van der Waals surface area contributed by atoms with Crippen molar-refractivity contribution in [3.05, 3.63) is 11.8 Å². The fraction of sp³-hybridized carbons (Fsp3) is 0.333. The summed E-state index contributed by atoms with van der Waals surface area (Å²) in [6.07, 6.45) is 1.29. The first-order chi connectivity index (χ1) is 4.57. The van der Waals surface area contributed by atoms with E-state index < -0.39 is 0 Å². The molecule has 10 heavy (non-hydrogen) atoms. The highest BCUT2D eigenvalue weighted by atomic mass is 16.2. The minimum atomic E-state index is -0.269. The summed E-state index contributed by atoms with van der Waals surface area (Å²) < 4.78 is 0. The summed E-state index contributed by atoms with van der Waals surface area (Å²) in [5.74, 6) is -0.269. The van der Waals surface area contributed by atoms with Crippen molar-refractivity contribution in [2.24, 2.45) is 10.8 Å². The highest BCUT2D eigenvalue weighted by molar-refractivity contribution is 5.87. The number of nitrogens with zero attached hydrogens (tertiary/aromatic N) is 2. The summed E-state index contributed by atoms with van der Waals surface area (Å²) in [6.45, 7) is 4.81. The van der Waals surface area contributed by atoms with Gasteiger partial charge in [-0.15, -0.1) is 0 Å². The number of rotatable bonds is 2. The number of hydrogen-bond donors (Lipinski definition) is 1. The van der Waals surface area contributed by atoms with Crippen molar-refractivity contribution < 1.29 is 4.79 Å². The topological polar surface area (TPSA) is 58.7 Å². The number of hydrazone groups is 1. The van der Waals surface area contributed by atoms with Gasteiger partial charge >= 0.3 is 0 Å². The Hall–Kier alpha value is -1.32. The Morgan fingerprint density at radius 1 is 1.80 bits per heavy atom. The van der Waals surface area contributed by atoms with Gasteiger partial charge in [-0.1, -0.05) is 0 Å². The summed E-state index contributed by atoms with van der Waals surface area (Å²) in [6, 6.07) is 0. The number of allylic oxidation sites excluding steroid dienone is 1. The van der Waals surface area contributed by atoms with Gasteiger partial charge in [0.25, 0.3) is 5.91 Å². The van der Waals surface area contributed by atoms with Crippen LogP contribution in [0.1, 0.15) is 6.92 Å². The van der Waals surface area contributed by atoms with Crippen LogP contribution in [0.25, 0.3) is 0 Å². The lowest BCUT2D eigenvalue weighted by molar-refractivity contribution is -0.124. The van der Waals surface area contributed by atoms with E-state index in [2.05, 4.69) is 11.8 Å². The predicted octanol–water partition coefficient (Wildman–Crippen LogP) is -0.0771. The van der Waals surface area contributed by atoms with Crippen molar-refractivity contribution in [1.82, 2.24) is 5.01 Å². The third kappa shape index (κ3) is 2.86. The molecule has 0 aromatic rings. The van der Waals surface area contributed by atoms with Gasteiger partial charge in [0.05, 0.1) is 0 Å². The number of carbonyl (C=O) groups excluding carboxylic acids is 1. The maximum absolute atomic E-state index is 10.8. The molecule has 0 aromatic carbocycles. The zero-order valence-electron chi connectivity index (χ0n) is 6.16. The highest BCUT2D eigenvalue weighted by Gasteiger charge is 2.00. The Morgan fingerprint density at radius 3 is 2.60 bits per heavy atom. The molecule has 0 atom stereocenters. The predicted molar refractivity (Wildman–Crippen MR) is 40.3 cm³/mol. The van der Waals surface area contributed by atoms with E-state index in [1.54, 1.807) is 6.92 Å². The van der Waals surface area contributed by atoms with Crippen molar-refractivity contribution >= 4 is 12.6 Å². The molecule has 0 rings (SSSR count). The maximum Gasteiger partial charge on any atom is 0.268 e. The second-order valence-electron chi connectivity index (χ2n) is 1.89. The summed E-state index contributed by atoms with van der Waals surface area (Å²) >= 11 is 0. The number of hydrogen-bond acceptors (Lipinski definition) is 3. The monoisotopic (exact) mass is 141 g/mol. The van der Waals surface area contributed by atoms with Crippen LogP contribution in [0.5, 0.6) is 0 Å². The molecule has 0 heterocycles. The van der Waals surface area contributed by atoms with Gasteiger partial charge in [0, 0.05) is 25.5 Å². The molecule has 0 aliphatic carbocycles. The van der Waals surface area contributed by atoms with Crippen molar-refractivity contribution in [3.8, 4) is 0 Å². The summed E-state index contributed by atoms with van der Waals surface area (Å²) in [4.78, 5) is 10.8. The van der Waals surface area contributed by atoms with E-state index in [4.69, 9.17) is 5.73 Å². The SMILES string of the molecule is C=NN(C)C(=O)C=C(C)N. The molecular weight excluding hydrogens is 130 g/mol. The van der Waals surface area contributed by atoms with Crippen LogP contribution in [0, 0.1) is 0 Å². The van der Waals surface area contributed by atoms with Gasteiger partial charge in [0.1, 0.15) is 0 Å². The molecule has 4 heteroatoms. The van der Waals surface area contributed by atoms with Gasteiger partial charge in [-0.3, -0.25) is 4.79 Å². The van der Waals surface area contributed by atoms with Crippen molar-refractivity contribution in [1.29, 1.82) is 0 Å². The molecule has 4 nitrogen and oxygen atoms in total. The largest absolute Gasteiger partial charge is 0.402 e. The molecule has 0 aliphatic heterocycles. The van der Waals surface area contributed by atoms with Gasteiger partial charge in [0.15, 0.2) is 0 Å². The van der Waals surface area contributed by atoms with Crippen molar-refractivity contribution in [2.45, 2.75) is 6.92 Å². The number of carbonyl (C=O) groups is 1. The molecule has 56 valence electrons. The molecule has 1 amide bonds. The second-order valence-corrected chi connectivity index (χ2v) is 1.89. The Labute approximate surface area is 60.0 Å². The first-order valence-electron chi connectivity index (χ1n) is 2.76. The molecule has 0 unspecified atom stereocenters. The Morgan fingerprint density at radius 2 is 2.30 bits per heavy atom. The lowest BCUT2D eigenvalue weighted by Gasteiger charge is -2.05. The van der Waals surface area contributed by atoms with E-state index in [1.165, 1.54) is 13.1 Å². The minimum Gasteiger partial charge on any atom is -0.402 e. The Kier molecular flexibility index (Phi) is 3.17. The van der Waals surface area contributed by atoms with Crippen LogP contribution in [-0.4, -0.2) is 24.7 Å². The molecule has 2 N–H and O–H groups in total. The second kappa shape index (κ2) is 3.66. The number of amides is 1. The third-order valence-corrected chi connectivity index (χ3v) is 0.882.